The van der Waals surface area contributed by atoms with Crippen molar-refractivity contribution in [1.29, 1.82) is 0 Å². The first-order chi connectivity index (χ1) is 14.2. The number of allylic oxidation sites excluding steroid dienone is 2. The molecule has 0 radical (unpaired) electrons. The SMILES string of the molecule is C=C(/C=C/C(=O)OC(C)(C)C)c1ccccc1C(=O)Nc1cccc2cccnc12. The Kier molecular flexibility index (Phi) is 6.11. The minimum Gasteiger partial charge on any atom is -0.457 e. The Morgan fingerprint density at radius 1 is 0.967 bits per heavy atom. The molecule has 1 heterocycles. The Bertz CT molecular complexity index is 1140. The maximum absolute atomic E-state index is 13.0. The van der Waals surface area contributed by atoms with Gasteiger partial charge in [-0.3, -0.25) is 9.78 Å². The number of hydrogen-bond donors (Lipinski definition) is 1. The number of esters is 1. The molecule has 1 aromatic heterocycles. The smallest absolute Gasteiger partial charge is 0.331 e. The standard InChI is InChI=1S/C25H24N2O3/c1-17(14-15-22(28)30-25(2,3)4)19-11-5-6-12-20(19)24(29)27-21-13-7-9-18-10-8-16-26-23(18)21/h5-16H,1H2,2-4H3,(H,27,29)/b15-14+. The first-order valence-corrected chi connectivity index (χ1v) is 9.59. The zero-order chi connectivity index (χ0) is 21.7. The number of ether oxygens (including phenoxy) is 1. The van der Waals surface area contributed by atoms with Gasteiger partial charge in [0.05, 0.1) is 11.2 Å². The molecule has 0 unspecified atom stereocenters. The van der Waals surface area contributed by atoms with Crippen LogP contribution in [0.5, 0.6) is 0 Å². The van der Waals surface area contributed by atoms with E-state index in [-0.39, 0.29) is 5.91 Å². The summed E-state index contributed by atoms with van der Waals surface area (Å²) in [5.41, 5.74) is 2.37. The molecule has 30 heavy (non-hydrogen) atoms. The molecule has 0 saturated heterocycles. The first kappa shape index (κ1) is 21.0. The van der Waals surface area contributed by atoms with Gasteiger partial charge in [0.25, 0.3) is 5.91 Å². The summed E-state index contributed by atoms with van der Waals surface area (Å²) in [5, 5.41) is 3.87. The van der Waals surface area contributed by atoms with Crippen LogP contribution in [0.4, 0.5) is 5.69 Å². The van der Waals surface area contributed by atoms with Gasteiger partial charge in [0.1, 0.15) is 5.60 Å². The fraction of sp³-hybridized carbons (Fsp3) is 0.160. The minimum absolute atomic E-state index is 0.282. The predicted octanol–water partition coefficient (Wildman–Crippen LogP) is 5.40. The molecule has 0 aliphatic carbocycles. The summed E-state index contributed by atoms with van der Waals surface area (Å²) < 4.78 is 5.27. The van der Waals surface area contributed by atoms with Crippen LogP contribution in [-0.2, 0) is 9.53 Å². The Morgan fingerprint density at radius 2 is 1.67 bits per heavy atom. The fourth-order valence-electron chi connectivity index (χ4n) is 2.95. The average Bonchev–Trinajstić information content (AvgIpc) is 2.71. The Balaban J connectivity index is 1.83. The molecule has 0 saturated carbocycles. The number of benzene rings is 2. The van der Waals surface area contributed by atoms with Gasteiger partial charge >= 0.3 is 5.97 Å². The molecule has 0 bridgehead atoms. The fourth-order valence-corrected chi connectivity index (χ4v) is 2.95. The number of fused-ring (bicyclic) bond motifs is 1. The lowest BCUT2D eigenvalue weighted by molar-refractivity contribution is -0.148. The molecule has 0 aliphatic rings. The Labute approximate surface area is 176 Å². The highest BCUT2D eigenvalue weighted by molar-refractivity contribution is 6.11. The molecule has 2 aromatic carbocycles. The molecule has 0 aliphatic heterocycles. The van der Waals surface area contributed by atoms with Crippen molar-refractivity contribution in [3.8, 4) is 0 Å². The summed E-state index contributed by atoms with van der Waals surface area (Å²) in [6, 6.07) is 16.5. The van der Waals surface area contributed by atoms with E-state index in [0.717, 1.165) is 10.9 Å². The molecule has 5 heteroatoms. The van der Waals surface area contributed by atoms with E-state index in [1.54, 1.807) is 51.2 Å². The van der Waals surface area contributed by atoms with Crippen LogP contribution in [-0.4, -0.2) is 22.5 Å². The van der Waals surface area contributed by atoms with E-state index >= 15 is 0 Å². The summed E-state index contributed by atoms with van der Waals surface area (Å²) in [6.07, 6.45) is 4.56. The van der Waals surface area contributed by atoms with Crippen LogP contribution in [0.15, 0.2) is 79.5 Å². The highest BCUT2D eigenvalue weighted by atomic mass is 16.6. The second kappa shape index (κ2) is 8.74. The molecule has 0 fully saturated rings. The number of nitrogens with zero attached hydrogens (tertiary/aromatic N) is 1. The van der Waals surface area contributed by atoms with Gasteiger partial charge in [-0.05, 0) is 56.2 Å². The van der Waals surface area contributed by atoms with Gasteiger partial charge in [0, 0.05) is 23.2 Å². The number of hydrogen-bond acceptors (Lipinski definition) is 4. The molecule has 1 amide bonds. The molecule has 5 nitrogen and oxygen atoms in total. The molecule has 0 atom stereocenters. The minimum atomic E-state index is -0.576. The topological polar surface area (TPSA) is 68.3 Å². The van der Waals surface area contributed by atoms with E-state index < -0.39 is 11.6 Å². The molecule has 3 rings (SSSR count). The van der Waals surface area contributed by atoms with Crippen molar-refractivity contribution in [2.75, 3.05) is 5.32 Å². The van der Waals surface area contributed by atoms with Crippen molar-refractivity contribution < 1.29 is 14.3 Å². The molecular formula is C25H24N2O3. The Morgan fingerprint density at radius 3 is 2.40 bits per heavy atom. The van der Waals surface area contributed by atoms with Crippen LogP contribution >= 0.6 is 0 Å². The predicted molar refractivity (Wildman–Crippen MR) is 120 cm³/mol. The lowest BCUT2D eigenvalue weighted by Crippen LogP contribution is -2.22. The maximum atomic E-state index is 13.0. The molecule has 152 valence electrons. The average molecular weight is 400 g/mol. The van der Waals surface area contributed by atoms with E-state index in [4.69, 9.17) is 4.74 Å². The van der Waals surface area contributed by atoms with Crippen LogP contribution in [0.25, 0.3) is 16.5 Å². The molecule has 0 spiro atoms. The van der Waals surface area contributed by atoms with Gasteiger partial charge in [-0.15, -0.1) is 0 Å². The van der Waals surface area contributed by atoms with Gasteiger partial charge in [-0.1, -0.05) is 43.0 Å². The van der Waals surface area contributed by atoms with Crippen LogP contribution in [0.3, 0.4) is 0 Å². The van der Waals surface area contributed by atoms with Crippen molar-refractivity contribution in [1.82, 2.24) is 4.98 Å². The van der Waals surface area contributed by atoms with Crippen molar-refractivity contribution in [2.24, 2.45) is 0 Å². The quantitative estimate of drug-likeness (QED) is 0.354. The second-order valence-corrected chi connectivity index (χ2v) is 7.77. The zero-order valence-electron chi connectivity index (χ0n) is 17.3. The number of amides is 1. The number of aromatic nitrogens is 1. The third-order valence-electron chi connectivity index (χ3n) is 4.23. The highest BCUT2D eigenvalue weighted by Gasteiger charge is 2.16. The van der Waals surface area contributed by atoms with Crippen LogP contribution < -0.4 is 5.32 Å². The van der Waals surface area contributed by atoms with Crippen molar-refractivity contribution >= 4 is 34.0 Å². The third-order valence-corrected chi connectivity index (χ3v) is 4.23. The van der Waals surface area contributed by atoms with Crippen molar-refractivity contribution in [3.63, 3.8) is 0 Å². The second-order valence-electron chi connectivity index (χ2n) is 7.77. The summed E-state index contributed by atoms with van der Waals surface area (Å²) in [6.45, 7) is 9.41. The van der Waals surface area contributed by atoms with Gasteiger partial charge in [0.2, 0.25) is 0 Å². The highest BCUT2D eigenvalue weighted by Crippen LogP contribution is 2.24. The lowest BCUT2D eigenvalue weighted by atomic mass is 9.99. The number of carbonyl (C=O) groups excluding carboxylic acids is 2. The van der Waals surface area contributed by atoms with Gasteiger partial charge in [-0.2, -0.15) is 0 Å². The number of rotatable bonds is 5. The summed E-state index contributed by atoms with van der Waals surface area (Å²) in [7, 11) is 0. The normalized spacial score (nSPS) is 11.4. The van der Waals surface area contributed by atoms with Gasteiger partial charge < -0.3 is 10.1 Å². The van der Waals surface area contributed by atoms with E-state index in [1.165, 1.54) is 6.08 Å². The van der Waals surface area contributed by atoms with E-state index in [9.17, 15) is 9.59 Å². The monoisotopic (exact) mass is 400 g/mol. The van der Waals surface area contributed by atoms with Crippen LogP contribution in [0.1, 0.15) is 36.7 Å². The lowest BCUT2D eigenvalue weighted by Gasteiger charge is -2.18. The molecular weight excluding hydrogens is 376 g/mol. The number of para-hydroxylation sites is 1. The molecule has 1 N–H and O–H groups in total. The van der Waals surface area contributed by atoms with Crippen LogP contribution in [0, 0.1) is 0 Å². The molecule has 3 aromatic rings. The van der Waals surface area contributed by atoms with Crippen molar-refractivity contribution in [2.45, 2.75) is 26.4 Å². The number of anilines is 1. The summed E-state index contributed by atoms with van der Waals surface area (Å²) in [4.78, 5) is 29.3. The summed E-state index contributed by atoms with van der Waals surface area (Å²) in [5.74, 6) is -0.747. The number of carbonyl (C=O) groups is 2. The Hall–Kier alpha value is -3.73. The number of pyridine rings is 1. The van der Waals surface area contributed by atoms with Crippen LogP contribution in [0.2, 0.25) is 0 Å². The van der Waals surface area contributed by atoms with Gasteiger partial charge in [-0.25, -0.2) is 4.79 Å². The maximum Gasteiger partial charge on any atom is 0.331 e. The van der Waals surface area contributed by atoms with E-state index in [2.05, 4.69) is 16.9 Å². The summed E-state index contributed by atoms with van der Waals surface area (Å²) >= 11 is 0. The van der Waals surface area contributed by atoms with Crippen molar-refractivity contribution in [3.05, 3.63) is 90.7 Å². The van der Waals surface area contributed by atoms with E-state index in [1.807, 2.05) is 36.4 Å². The first-order valence-electron chi connectivity index (χ1n) is 9.59. The number of nitrogens with one attached hydrogen (secondary N) is 1. The third kappa shape index (κ3) is 5.20. The largest absolute Gasteiger partial charge is 0.457 e. The zero-order valence-corrected chi connectivity index (χ0v) is 17.3. The van der Waals surface area contributed by atoms with E-state index in [0.29, 0.717) is 22.4 Å². The van der Waals surface area contributed by atoms with Gasteiger partial charge in [0.15, 0.2) is 0 Å².